The summed E-state index contributed by atoms with van der Waals surface area (Å²) in [5.41, 5.74) is 4.09. The van der Waals surface area contributed by atoms with E-state index >= 15 is 0 Å². The van der Waals surface area contributed by atoms with Crippen molar-refractivity contribution in [2.45, 2.75) is 25.3 Å². The van der Waals surface area contributed by atoms with E-state index in [2.05, 4.69) is 23.5 Å². The minimum atomic E-state index is -0.435. The van der Waals surface area contributed by atoms with Crippen LogP contribution in [-0.4, -0.2) is 4.92 Å². The second kappa shape index (κ2) is 6.04. The van der Waals surface area contributed by atoms with E-state index in [0.29, 0.717) is 10.9 Å². The number of rotatable bonds is 2. The summed E-state index contributed by atoms with van der Waals surface area (Å²) in [5, 5.41) is 15.7. The number of fused-ring (bicyclic) bond motifs is 3. The van der Waals surface area contributed by atoms with Gasteiger partial charge in [0.2, 0.25) is 0 Å². The van der Waals surface area contributed by atoms with Gasteiger partial charge in [0.05, 0.1) is 11.0 Å². The van der Waals surface area contributed by atoms with E-state index in [4.69, 9.17) is 23.2 Å². The Labute approximate surface area is 155 Å². The third-order valence-corrected chi connectivity index (χ3v) is 5.99. The summed E-state index contributed by atoms with van der Waals surface area (Å²) < 4.78 is 0. The predicted molar refractivity (Wildman–Crippen MR) is 101 cm³/mol. The van der Waals surface area contributed by atoms with Crippen molar-refractivity contribution >= 4 is 34.6 Å². The number of nitrogens with zero attached hydrogens (tertiary/aromatic N) is 1. The van der Waals surface area contributed by atoms with Crippen LogP contribution in [0.4, 0.5) is 11.4 Å². The highest BCUT2D eigenvalue weighted by atomic mass is 35.5. The Morgan fingerprint density at radius 1 is 1.20 bits per heavy atom. The van der Waals surface area contributed by atoms with Crippen LogP contribution in [0.25, 0.3) is 0 Å². The van der Waals surface area contributed by atoms with E-state index in [1.165, 1.54) is 5.56 Å². The fourth-order valence-corrected chi connectivity index (χ4v) is 4.33. The molecule has 3 atom stereocenters. The van der Waals surface area contributed by atoms with Crippen LogP contribution in [0.5, 0.6) is 0 Å². The summed E-state index contributed by atoms with van der Waals surface area (Å²) in [6.07, 6.45) is 5.35. The Bertz CT molecular complexity index is 911. The average Bonchev–Trinajstić information content (AvgIpc) is 3.07. The first-order valence-corrected chi connectivity index (χ1v) is 8.89. The average molecular weight is 375 g/mol. The van der Waals surface area contributed by atoms with Crippen LogP contribution in [0.2, 0.25) is 10.0 Å². The van der Waals surface area contributed by atoms with Gasteiger partial charge in [-0.25, -0.2) is 0 Å². The first kappa shape index (κ1) is 16.4. The molecule has 0 unspecified atom stereocenters. The lowest BCUT2D eigenvalue weighted by atomic mass is 9.76. The molecule has 1 aliphatic carbocycles. The lowest BCUT2D eigenvalue weighted by Gasteiger charge is -2.38. The second-order valence-corrected chi connectivity index (χ2v) is 7.39. The Morgan fingerprint density at radius 3 is 2.72 bits per heavy atom. The first-order valence-electron chi connectivity index (χ1n) is 8.13. The lowest BCUT2D eigenvalue weighted by Crippen LogP contribution is -2.29. The van der Waals surface area contributed by atoms with Gasteiger partial charge >= 0.3 is 0 Å². The molecule has 1 aliphatic heterocycles. The lowest BCUT2D eigenvalue weighted by molar-refractivity contribution is -0.384. The number of anilines is 1. The Morgan fingerprint density at radius 2 is 1.96 bits per heavy atom. The quantitative estimate of drug-likeness (QED) is 0.396. The summed E-state index contributed by atoms with van der Waals surface area (Å²) in [6.45, 7) is 1.99. The van der Waals surface area contributed by atoms with Crippen molar-refractivity contribution in [3.05, 3.63) is 79.3 Å². The minimum absolute atomic E-state index is 0.0272. The monoisotopic (exact) mass is 374 g/mol. The maximum Gasteiger partial charge on any atom is 0.288 e. The Kier molecular flexibility index (Phi) is 3.97. The summed E-state index contributed by atoms with van der Waals surface area (Å²) in [7, 11) is 0. The smallest absolute Gasteiger partial charge is 0.288 e. The molecule has 4 nitrogen and oxygen atoms in total. The fraction of sp³-hybridized carbons (Fsp3) is 0.263. The topological polar surface area (TPSA) is 55.2 Å². The molecule has 0 saturated carbocycles. The summed E-state index contributed by atoms with van der Waals surface area (Å²) >= 11 is 12.3. The van der Waals surface area contributed by atoms with Crippen LogP contribution in [0.3, 0.4) is 0 Å². The molecule has 2 aromatic carbocycles. The zero-order chi connectivity index (χ0) is 17.7. The maximum atomic E-state index is 11.3. The number of hydrogen-bond acceptors (Lipinski definition) is 3. The highest BCUT2D eigenvalue weighted by Crippen LogP contribution is 2.51. The van der Waals surface area contributed by atoms with E-state index in [1.807, 2.05) is 19.1 Å². The molecule has 0 radical (unpaired) electrons. The van der Waals surface area contributed by atoms with Crippen molar-refractivity contribution < 1.29 is 4.92 Å². The molecule has 0 amide bonds. The molecule has 0 saturated heterocycles. The number of halogens is 2. The Balaban J connectivity index is 1.83. The zero-order valence-electron chi connectivity index (χ0n) is 13.5. The van der Waals surface area contributed by atoms with Crippen LogP contribution in [0.1, 0.15) is 35.1 Å². The molecule has 25 heavy (non-hydrogen) atoms. The number of hydrogen-bond donors (Lipinski definition) is 1. The van der Waals surface area contributed by atoms with Gasteiger partial charge in [-0.15, -0.1) is 0 Å². The number of nitrogens with one attached hydrogen (secondary N) is 1. The van der Waals surface area contributed by atoms with Gasteiger partial charge < -0.3 is 5.32 Å². The summed E-state index contributed by atoms with van der Waals surface area (Å²) in [4.78, 5) is 10.8. The molecule has 0 spiro atoms. The van der Waals surface area contributed by atoms with Crippen LogP contribution in [0.15, 0.2) is 42.5 Å². The third kappa shape index (κ3) is 2.60. The highest BCUT2D eigenvalue weighted by molar-refractivity contribution is 6.32. The van der Waals surface area contributed by atoms with Gasteiger partial charge in [0.25, 0.3) is 5.69 Å². The van der Waals surface area contributed by atoms with Gasteiger partial charge in [-0.1, -0.05) is 47.5 Å². The molecule has 1 N–H and O–H groups in total. The van der Waals surface area contributed by atoms with Crippen molar-refractivity contribution in [1.82, 2.24) is 0 Å². The standard InChI is InChI=1S/C19H16Cl2N2O2/c1-10-15(20)8-6-14-12-3-2-4-13(12)19(22-18(10)14)11-5-7-16(21)17(9-11)23(24)25/h2-3,5-9,12-13,19,22H,4H2,1H3/t12-,13+,19-/m1/s1. The Hall–Kier alpha value is -2.04. The molecule has 1 heterocycles. The molecule has 6 heteroatoms. The third-order valence-electron chi connectivity index (χ3n) is 5.26. The molecule has 2 aromatic rings. The van der Waals surface area contributed by atoms with Gasteiger partial charge in [0, 0.05) is 22.7 Å². The number of benzene rings is 2. The minimum Gasteiger partial charge on any atom is -0.377 e. The van der Waals surface area contributed by atoms with E-state index in [-0.39, 0.29) is 22.7 Å². The van der Waals surface area contributed by atoms with E-state index < -0.39 is 4.92 Å². The molecule has 2 aliphatic rings. The highest BCUT2D eigenvalue weighted by Gasteiger charge is 2.39. The van der Waals surface area contributed by atoms with Gasteiger partial charge in [0.15, 0.2) is 0 Å². The van der Waals surface area contributed by atoms with Crippen molar-refractivity contribution in [2.24, 2.45) is 5.92 Å². The zero-order valence-corrected chi connectivity index (χ0v) is 15.0. The maximum absolute atomic E-state index is 11.3. The molecule has 0 bridgehead atoms. The number of allylic oxidation sites excluding steroid dienone is 2. The summed E-state index contributed by atoms with van der Waals surface area (Å²) in [6, 6.07) is 9.04. The fourth-order valence-electron chi connectivity index (χ4n) is 3.98. The van der Waals surface area contributed by atoms with Crippen LogP contribution in [-0.2, 0) is 0 Å². The number of nitro groups is 1. The molecule has 128 valence electrons. The largest absolute Gasteiger partial charge is 0.377 e. The summed E-state index contributed by atoms with van der Waals surface area (Å²) in [5.74, 6) is 0.598. The van der Waals surface area contributed by atoms with Crippen molar-refractivity contribution in [1.29, 1.82) is 0 Å². The first-order chi connectivity index (χ1) is 12.0. The van der Waals surface area contributed by atoms with Crippen molar-refractivity contribution in [3.8, 4) is 0 Å². The van der Waals surface area contributed by atoms with Crippen LogP contribution in [0, 0.1) is 23.0 Å². The van der Waals surface area contributed by atoms with Gasteiger partial charge in [-0.05, 0) is 48.1 Å². The molecule has 0 aromatic heterocycles. The van der Waals surface area contributed by atoms with E-state index in [1.54, 1.807) is 12.1 Å². The normalized spacial score (nSPS) is 23.7. The van der Waals surface area contributed by atoms with Crippen LogP contribution < -0.4 is 5.32 Å². The van der Waals surface area contributed by atoms with Gasteiger partial charge in [-0.2, -0.15) is 0 Å². The van der Waals surface area contributed by atoms with Gasteiger partial charge in [-0.3, -0.25) is 10.1 Å². The predicted octanol–water partition coefficient (Wildman–Crippen LogP) is 6.04. The SMILES string of the molecule is Cc1c(Cl)ccc2c1N[C@H](c1ccc(Cl)c([N+](=O)[O-])c1)[C@H]1CC=C[C@@H]21. The van der Waals surface area contributed by atoms with Crippen molar-refractivity contribution in [2.75, 3.05) is 5.32 Å². The number of nitro benzene ring substituents is 1. The van der Waals surface area contributed by atoms with Crippen LogP contribution >= 0.6 is 23.2 Å². The van der Waals surface area contributed by atoms with Crippen molar-refractivity contribution in [3.63, 3.8) is 0 Å². The molecule has 0 fully saturated rings. The van der Waals surface area contributed by atoms with E-state index in [9.17, 15) is 10.1 Å². The molecular formula is C19H16Cl2N2O2. The second-order valence-electron chi connectivity index (χ2n) is 6.58. The van der Waals surface area contributed by atoms with Gasteiger partial charge in [0.1, 0.15) is 5.02 Å². The molecule has 4 rings (SSSR count). The molecular weight excluding hydrogens is 359 g/mol. The van der Waals surface area contributed by atoms with E-state index in [0.717, 1.165) is 23.2 Å².